The van der Waals surface area contributed by atoms with Gasteiger partial charge < -0.3 is 39.6 Å². The molecule has 3 rings (SSSR count). The van der Waals surface area contributed by atoms with E-state index in [0.717, 1.165) is 11.0 Å². The van der Waals surface area contributed by atoms with E-state index < -0.39 is 13.4 Å². The van der Waals surface area contributed by atoms with Crippen LogP contribution in [0.3, 0.4) is 0 Å². The number of hydrogen-bond donors (Lipinski definition) is 5. The zero-order chi connectivity index (χ0) is 30.9. The maximum absolute atomic E-state index is 12.9. The Hall–Kier alpha value is -2.79. The van der Waals surface area contributed by atoms with Crippen LogP contribution in [0.4, 0.5) is 17.1 Å². The Kier molecular flexibility index (Phi) is 12.5. The van der Waals surface area contributed by atoms with Gasteiger partial charge in [0.2, 0.25) is 5.91 Å². The van der Waals surface area contributed by atoms with E-state index in [9.17, 15) is 9.36 Å². The number of nitrogens with one attached hydrogen (secondary N) is 5. The molecule has 4 unspecified atom stereocenters. The van der Waals surface area contributed by atoms with Crippen molar-refractivity contribution in [2.45, 2.75) is 30.9 Å². The highest BCUT2D eigenvalue weighted by Gasteiger charge is 2.30. The van der Waals surface area contributed by atoms with Crippen LogP contribution in [0.5, 0.6) is 11.5 Å². The average Bonchev–Trinajstić information content (AvgIpc) is 2.94. The molecule has 0 aromatic heterocycles. The van der Waals surface area contributed by atoms with Crippen LogP contribution in [-0.4, -0.2) is 95.6 Å². The molecule has 2 aromatic carbocycles. The highest BCUT2D eigenvalue weighted by atomic mass is 35.5. The predicted octanol–water partition coefficient (Wildman–Crippen LogP) is 3.35. The summed E-state index contributed by atoms with van der Waals surface area (Å²) in [4.78, 5) is 14.3. The summed E-state index contributed by atoms with van der Waals surface area (Å²) in [5.41, 5.74) is 1.81. The lowest BCUT2D eigenvalue weighted by molar-refractivity contribution is -0.111. The molecule has 42 heavy (non-hydrogen) atoms. The maximum Gasteiger partial charge on any atom is 0.247 e. The minimum absolute atomic E-state index is 0.290. The van der Waals surface area contributed by atoms with E-state index in [1.165, 1.54) is 6.08 Å². The molecule has 2 aromatic rings. The van der Waals surface area contributed by atoms with Gasteiger partial charge in [-0.3, -0.25) is 15.4 Å². The Morgan fingerprint density at radius 1 is 1.19 bits per heavy atom. The first-order chi connectivity index (χ1) is 19.9. The standard InChI is InChI=1S/C29H44ClN6O5P/c1-8-27(37)32-23-14-22(24(39-5)15-25(23)41-19(17-36(3)4)18-40-9-2)34-29-31-16-20(30)28(35-29)33-21-12-10-11-13-26(21)42(6,7)38/h8,10-15,19-20,28-29,31,33-35H,1,9,16-18H2,2-7H3,(H,32,37). The summed E-state index contributed by atoms with van der Waals surface area (Å²) < 4.78 is 30.5. The van der Waals surface area contributed by atoms with Crippen LogP contribution in [0.1, 0.15) is 6.92 Å². The number of halogens is 1. The number of methoxy groups -OCH3 is 1. The summed E-state index contributed by atoms with van der Waals surface area (Å²) in [6.07, 6.45) is 0.129. The number of hydrogen-bond acceptors (Lipinski definition) is 10. The fraction of sp³-hybridized carbons (Fsp3) is 0.483. The van der Waals surface area contributed by atoms with Crippen LogP contribution >= 0.6 is 18.7 Å². The number of anilines is 3. The van der Waals surface area contributed by atoms with E-state index in [2.05, 4.69) is 33.2 Å². The Morgan fingerprint density at radius 2 is 1.93 bits per heavy atom. The average molecular weight is 623 g/mol. The largest absolute Gasteiger partial charge is 0.494 e. The van der Waals surface area contributed by atoms with Gasteiger partial charge in [-0.05, 0) is 58.6 Å². The van der Waals surface area contributed by atoms with Crippen LogP contribution in [0.2, 0.25) is 0 Å². The molecule has 1 saturated heterocycles. The zero-order valence-corrected chi connectivity index (χ0v) is 26.9. The van der Waals surface area contributed by atoms with Gasteiger partial charge in [0.15, 0.2) is 0 Å². The number of amides is 1. The van der Waals surface area contributed by atoms with E-state index >= 15 is 0 Å². The third kappa shape index (κ3) is 9.62. The highest BCUT2D eigenvalue weighted by molar-refractivity contribution is 7.70. The lowest BCUT2D eigenvalue weighted by Crippen LogP contribution is -2.64. The summed E-state index contributed by atoms with van der Waals surface area (Å²) in [5, 5.41) is 16.9. The number of benzene rings is 2. The summed E-state index contributed by atoms with van der Waals surface area (Å²) in [6, 6.07) is 11.0. The molecule has 0 spiro atoms. The zero-order valence-electron chi connectivity index (χ0n) is 25.2. The molecule has 0 bridgehead atoms. The molecule has 1 fully saturated rings. The molecule has 0 saturated carbocycles. The first-order valence-electron chi connectivity index (χ1n) is 13.8. The second-order valence-electron chi connectivity index (χ2n) is 10.6. The van der Waals surface area contributed by atoms with Gasteiger partial charge in [-0.1, -0.05) is 18.7 Å². The molecule has 0 aliphatic carbocycles. The van der Waals surface area contributed by atoms with Gasteiger partial charge in [0.1, 0.15) is 31.0 Å². The first kappa shape index (κ1) is 33.7. The monoisotopic (exact) mass is 622 g/mol. The second kappa shape index (κ2) is 15.6. The van der Waals surface area contributed by atoms with Crippen molar-refractivity contribution in [2.24, 2.45) is 0 Å². The van der Waals surface area contributed by atoms with Crippen molar-refractivity contribution in [3.05, 3.63) is 49.1 Å². The van der Waals surface area contributed by atoms with Gasteiger partial charge >= 0.3 is 0 Å². The van der Waals surface area contributed by atoms with Crippen LogP contribution in [-0.2, 0) is 14.1 Å². The van der Waals surface area contributed by atoms with Gasteiger partial charge in [-0.25, -0.2) is 0 Å². The molecular weight excluding hydrogens is 579 g/mol. The number of alkyl halides is 1. The molecule has 11 nitrogen and oxygen atoms in total. The maximum atomic E-state index is 12.9. The number of carbonyl (C=O) groups excluding carboxylic acids is 1. The molecule has 232 valence electrons. The van der Waals surface area contributed by atoms with Crippen molar-refractivity contribution >= 4 is 47.0 Å². The Labute approximate surface area is 254 Å². The van der Waals surface area contributed by atoms with E-state index in [1.807, 2.05) is 50.2 Å². The van der Waals surface area contributed by atoms with Gasteiger partial charge in [0.25, 0.3) is 0 Å². The van der Waals surface area contributed by atoms with Crippen molar-refractivity contribution in [1.82, 2.24) is 15.5 Å². The predicted molar refractivity (Wildman–Crippen MR) is 172 cm³/mol. The van der Waals surface area contributed by atoms with Gasteiger partial charge in [-0.2, -0.15) is 0 Å². The number of ether oxygens (including phenoxy) is 3. The van der Waals surface area contributed by atoms with Gasteiger partial charge in [0.05, 0.1) is 36.6 Å². The summed E-state index contributed by atoms with van der Waals surface area (Å²) in [5.74, 6) is 0.561. The highest BCUT2D eigenvalue weighted by Crippen LogP contribution is 2.39. The second-order valence-corrected chi connectivity index (χ2v) is 14.3. The lowest BCUT2D eigenvalue weighted by atomic mass is 10.2. The fourth-order valence-electron chi connectivity index (χ4n) is 4.49. The molecular formula is C29H44ClN6O5P. The smallest absolute Gasteiger partial charge is 0.247 e. The quantitative estimate of drug-likeness (QED) is 0.115. The summed E-state index contributed by atoms with van der Waals surface area (Å²) in [6.45, 7) is 11.0. The van der Waals surface area contributed by atoms with E-state index in [4.69, 9.17) is 25.8 Å². The number of rotatable bonds is 15. The van der Waals surface area contributed by atoms with Crippen LogP contribution in [0, 0.1) is 0 Å². The molecule has 1 heterocycles. The van der Waals surface area contributed by atoms with Crippen LogP contribution in [0.25, 0.3) is 0 Å². The van der Waals surface area contributed by atoms with Crippen molar-refractivity contribution in [3.8, 4) is 11.5 Å². The van der Waals surface area contributed by atoms with Crippen molar-refractivity contribution < 1.29 is 23.6 Å². The van der Waals surface area contributed by atoms with Crippen LogP contribution < -0.4 is 41.4 Å². The van der Waals surface area contributed by atoms with Crippen LogP contribution in [0.15, 0.2) is 49.1 Å². The molecule has 1 aliphatic heterocycles. The molecule has 4 atom stereocenters. The molecule has 0 radical (unpaired) electrons. The van der Waals surface area contributed by atoms with E-state index in [1.54, 1.807) is 32.6 Å². The Bertz CT molecular complexity index is 1260. The third-order valence-electron chi connectivity index (χ3n) is 6.44. The van der Waals surface area contributed by atoms with E-state index in [0.29, 0.717) is 49.2 Å². The third-order valence-corrected chi connectivity index (χ3v) is 8.39. The minimum atomic E-state index is -2.52. The molecule has 1 aliphatic rings. The molecule has 1 amide bonds. The van der Waals surface area contributed by atoms with Gasteiger partial charge in [-0.15, -0.1) is 11.6 Å². The lowest BCUT2D eigenvalue weighted by Gasteiger charge is -2.37. The normalized spacial score (nSPS) is 19.6. The number of carbonyl (C=O) groups is 1. The number of likely N-dealkylation sites (N-methyl/N-ethyl adjacent to an activating group) is 1. The SMILES string of the molecule is C=CC(=O)Nc1cc(NC2NCC(Cl)C(Nc3ccccc3P(C)(C)=O)N2)c(OC)cc1OC(COCC)CN(C)C. The summed E-state index contributed by atoms with van der Waals surface area (Å²) >= 11 is 6.67. The number of para-hydroxylation sites is 1. The Balaban J connectivity index is 1.87. The molecule has 13 heteroatoms. The van der Waals surface area contributed by atoms with Gasteiger partial charge in [0, 0.05) is 36.8 Å². The van der Waals surface area contributed by atoms with Crippen molar-refractivity contribution in [2.75, 3.05) is 76.8 Å². The summed E-state index contributed by atoms with van der Waals surface area (Å²) in [7, 11) is 2.95. The van der Waals surface area contributed by atoms with Crippen molar-refractivity contribution in [3.63, 3.8) is 0 Å². The Morgan fingerprint density at radius 3 is 2.57 bits per heavy atom. The fourth-order valence-corrected chi connectivity index (χ4v) is 5.88. The van der Waals surface area contributed by atoms with E-state index in [-0.39, 0.29) is 23.6 Å². The topological polar surface area (TPSA) is 125 Å². The van der Waals surface area contributed by atoms with Crippen molar-refractivity contribution in [1.29, 1.82) is 0 Å². The number of nitrogens with zero attached hydrogens (tertiary/aromatic N) is 1. The first-order valence-corrected chi connectivity index (χ1v) is 16.8. The molecule has 5 N–H and O–H groups in total. The minimum Gasteiger partial charge on any atom is -0.494 e.